The summed E-state index contributed by atoms with van der Waals surface area (Å²) in [5, 5.41) is 4.74. The second kappa shape index (κ2) is 10.4. The first kappa shape index (κ1) is 25.7. The van der Waals surface area contributed by atoms with Crippen LogP contribution in [-0.2, 0) is 36.6 Å². The van der Waals surface area contributed by atoms with Gasteiger partial charge in [-0.05, 0) is 55.5 Å². The van der Waals surface area contributed by atoms with Crippen molar-refractivity contribution in [2.24, 2.45) is 7.05 Å². The van der Waals surface area contributed by atoms with Crippen LogP contribution in [0.1, 0.15) is 32.9 Å². The van der Waals surface area contributed by atoms with Crippen LogP contribution in [-0.4, -0.2) is 42.1 Å². The SMILES string of the molecule is COc1ccc(S(=O)(=O)N2CCc3c(c(CN(C(=O)c4ccc(C)cc4)c4ccccc4)nn3C)C2)cc1. The maximum Gasteiger partial charge on any atom is 0.258 e. The number of carbonyl (C=O) groups is 1. The summed E-state index contributed by atoms with van der Waals surface area (Å²) in [6, 6.07) is 23.4. The monoisotopic (exact) mass is 530 g/mol. The number of benzene rings is 3. The summed E-state index contributed by atoms with van der Waals surface area (Å²) in [6.07, 6.45) is 0.533. The van der Waals surface area contributed by atoms with Gasteiger partial charge in [0.25, 0.3) is 5.91 Å². The Morgan fingerprint density at radius 1 is 1.00 bits per heavy atom. The lowest BCUT2D eigenvalue weighted by molar-refractivity contribution is 0.0984. The normalized spacial score (nSPS) is 13.7. The molecule has 9 heteroatoms. The van der Waals surface area contributed by atoms with Crippen LogP contribution in [0.4, 0.5) is 5.69 Å². The molecule has 0 fully saturated rings. The molecule has 0 spiro atoms. The molecule has 0 radical (unpaired) electrons. The Morgan fingerprint density at radius 2 is 1.68 bits per heavy atom. The number of amides is 1. The molecule has 0 bridgehead atoms. The largest absolute Gasteiger partial charge is 0.497 e. The van der Waals surface area contributed by atoms with E-state index in [-0.39, 0.29) is 23.9 Å². The molecular formula is C29H30N4O4S. The molecule has 3 aromatic carbocycles. The van der Waals surface area contributed by atoms with Crippen LogP contribution < -0.4 is 9.64 Å². The van der Waals surface area contributed by atoms with Crippen molar-refractivity contribution in [1.82, 2.24) is 14.1 Å². The maximum atomic E-state index is 13.7. The molecule has 0 saturated heterocycles. The van der Waals surface area contributed by atoms with Crippen LogP contribution in [0.15, 0.2) is 83.8 Å². The molecule has 38 heavy (non-hydrogen) atoms. The van der Waals surface area contributed by atoms with Crippen molar-refractivity contribution in [2.45, 2.75) is 31.3 Å². The Hall–Kier alpha value is -3.95. The topological polar surface area (TPSA) is 84.7 Å². The van der Waals surface area contributed by atoms with Gasteiger partial charge in [-0.25, -0.2) is 8.42 Å². The highest BCUT2D eigenvalue weighted by atomic mass is 32.2. The number of anilines is 1. The highest BCUT2D eigenvalue weighted by molar-refractivity contribution is 7.89. The molecule has 1 aliphatic rings. The summed E-state index contributed by atoms with van der Waals surface area (Å²) in [6.45, 7) is 2.74. The van der Waals surface area contributed by atoms with Crippen LogP contribution in [0.2, 0.25) is 0 Å². The number of carbonyl (C=O) groups excluding carboxylic acids is 1. The van der Waals surface area contributed by atoms with Gasteiger partial charge in [-0.2, -0.15) is 9.40 Å². The first-order valence-corrected chi connectivity index (χ1v) is 13.8. The summed E-state index contributed by atoms with van der Waals surface area (Å²) < 4.78 is 35.4. The van der Waals surface area contributed by atoms with Crippen molar-refractivity contribution in [2.75, 3.05) is 18.6 Å². The lowest BCUT2D eigenvalue weighted by Crippen LogP contribution is -2.37. The molecule has 0 atom stereocenters. The van der Waals surface area contributed by atoms with Gasteiger partial charge in [0.2, 0.25) is 10.0 Å². The molecule has 2 heterocycles. The fraction of sp³-hybridized carbons (Fsp3) is 0.241. The number of hydrogen-bond donors (Lipinski definition) is 0. The molecule has 8 nitrogen and oxygen atoms in total. The van der Waals surface area contributed by atoms with E-state index in [0.717, 1.165) is 22.5 Å². The number of sulfonamides is 1. The number of fused-ring (bicyclic) bond motifs is 1. The van der Waals surface area contributed by atoms with E-state index >= 15 is 0 Å². The van der Waals surface area contributed by atoms with Gasteiger partial charge in [0.05, 0.1) is 24.2 Å². The van der Waals surface area contributed by atoms with E-state index in [1.807, 2.05) is 73.3 Å². The Morgan fingerprint density at radius 3 is 2.34 bits per heavy atom. The molecule has 0 aliphatic carbocycles. The quantitative estimate of drug-likeness (QED) is 0.355. The van der Waals surface area contributed by atoms with Gasteiger partial charge in [-0.1, -0.05) is 35.9 Å². The Kier molecular flexibility index (Phi) is 7.05. The van der Waals surface area contributed by atoms with Crippen LogP contribution in [0.3, 0.4) is 0 Å². The third-order valence-corrected chi connectivity index (χ3v) is 8.77. The predicted octanol–water partition coefficient (Wildman–Crippen LogP) is 4.33. The van der Waals surface area contributed by atoms with Crippen molar-refractivity contribution in [1.29, 1.82) is 0 Å². The molecular weight excluding hydrogens is 500 g/mol. The number of hydrogen-bond acceptors (Lipinski definition) is 5. The zero-order valence-electron chi connectivity index (χ0n) is 21.7. The lowest BCUT2D eigenvalue weighted by atomic mass is 10.1. The minimum absolute atomic E-state index is 0.144. The molecule has 0 saturated carbocycles. The van der Waals surface area contributed by atoms with E-state index in [1.165, 1.54) is 4.31 Å². The van der Waals surface area contributed by atoms with Crippen molar-refractivity contribution >= 4 is 21.6 Å². The fourth-order valence-electron chi connectivity index (χ4n) is 4.76. The average molecular weight is 531 g/mol. The first-order chi connectivity index (χ1) is 18.3. The zero-order chi connectivity index (χ0) is 26.9. The maximum absolute atomic E-state index is 13.7. The minimum Gasteiger partial charge on any atom is -0.497 e. The number of rotatable bonds is 7. The number of para-hydroxylation sites is 1. The van der Waals surface area contributed by atoms with Gasteiger partial charge in [0.15, 0.2) is 0 Å². The van der Waals surface area contributed by atoms with Crippen LogP contribution in [0.5, 0.6) is 5.75 Å². The molecule has 1 aliphatic heterocycles. The van der Waals surface area contributed by atoms with Crippen molar-refractivity contribution in [3.63, 3.8) is 0 Å². The molecule has 4 aromatic rings. The highest BCUT2D eigenvalue weighted by Crippen LogP contribution is 2.30. The third-order valence-electron chi connectivity index (χ3n) is 6.91. The van der Waals surface area contributed by atoms with Crippen LogP contribution >= 0.6 is 0 Å². The second-order valence-corrected chi connectivity index (χ2v) is 11.3. The fourth-order valence-corrected chi connectivity index (χ4v) is 6.17. The zero-order valence-corrected chi connectivity index (χ0v) is 22.5. The van der Waals surface area contributed by atoms with Crippen molar-refractivity contribution in [3.8, 4) is 5.75 Å². The molecule has 0 N–H and O–H groups in total. The summed E-state index contributed by atoms with van der Waals surface area (Å²) >= 11 is 0. The molecule has 1 aromatic heterocycles. The number of ether oxygens (including phenoxy) is 1. The molecule has 5 rings (SSSR count). The van der Waals surface area contributed by atoms with Gasteiger partial charge < -0.3 is 9.64 Å². The summed E-state index contributed by atoms with van der Waals surface area (Å²) in [5.74, 6) is 0.452. The van der Waals surface area contributed by atoms with E-state index in [4.69, 9.17) is 9.84 Å². The van der Waals surface area contributed by atoms with Crippen LogP contribution in [0, 0.1) is 6.92 Å². The summed E-state index contributed by atoms with van der Waals surface area (Å²) in [5.41, 5.74) is 4.90. The van der Waals surface area contributed by atoms with E-state index in [2.05, 4.69) is 0 Å². The van der Waals surface area contributed by atoms with Crippen molar-refractivity contribution < 1.29 is 17.9 Å². The van der Waals surface area contributed by atoms with E-state index in [1.54, 1.807) is 36.3 Å². The Labute approximate surface area is 223 Å². The van der Waals surface area contributed by atoms with Gasteiger partial charge in [-0.15, -0.1) is 0 Å². The standard InChI is InChI=1S/C29H30N4O4S/c1-21-9-11-22(12-10-21)29(34)33(23-7-5-4-6-8-23)20-27-26-19-32(18-17-28(26)31(2)30-27)38(35,36)25-15-13-24(37-3)14-16-25/h4-16H,17-20H2,1-3H3. The summed E-state index contributed by atoms with van der Waals surface area (Å²) in [7, 11) is -0.312. The Bertz CT molecular complexity index is 1550. The van der Waals surface area contributed by atoms with Gasteiger partial charge in [0, 0.05) is 49.1 Å². The smallest absolute Gasteiger partial charge is 0.258 e. The minimum atomic E-state index is -3.72. The number of methoxy groups -OCH3 is 1. The van der Waals surface area contributed by atoms with E-state index in [0.29, 0.717) is 30.0 Å². The second-order valence-electron chi connectivity index (χ2n) is 9.35. The highest BCUT2D eigenvalue weighted by Gasteiger charge is 2.33. The number of nitrogens with zero attached hydrogens (tertiary/aromatic N) is 4. The van der Waals surface area contributed by atoms with Gasteiger partial charge in [-0.3, -0.25) is 9.48 Å². The third kappa shape index (κ3) is 4.94. The molecule has 1 amide bonds. The molecule has 0 unspecified atom stereocenters. The molecule has 196 valence electrons. The van der Waals surface area contributed by atoms with Crippen molar-refractivity contribution in [3.05, 3.63) is 107 Å². The Balaban J connectivity index is 1.47. The van der Waals surface area contributed by atoms with Gasteiger partial charge >= 0.3 is 0 Å². The lowest BCUT2D eigenvalue weighted by Gasteiger charge is -2.28. The summed E-state index contributed by atoms with van der Waals surface area (Å²) in [4.78, 5) is 15.6. The number of aromatic nitrogens is 2. The van der Waals surface area contributed by atoms with E-state index in [9.17, 15) is 13.2 Å². The predicted molar refractivity (Wildman–Crippen MR) is 146 cm³/mol. The van der Waals surface area contributed by atoms with E-state index < -0.39 is 10.0 Å². The first-order valence-electron chi connectivity index (χ1n) is 12.4. The number of aryl methyl sites for hydroxylation is 2. The van der Waals surface area contributed by atoms with Crippen LogP contribution in [0.25, 0.3) is 0 Å². The van der Waals surface area contributed by atoms with Gasteiger partial charge in [0.1, 0.15) is 5.75 Å². The average Bonchev–Trinajstić information content (AvgIpc) is 3.26.